The van der Waals surface area contributed by atoms with Crippen molar-refractivity contribution < 1.29 is 14.3 Å². The van der Waals surface area contributed by atoms with E-state index in [2.05, 4.69) is 12.2 Å². The lowest BCUT2D eigenvalue weighted by molar-refractivity contribution is -0.123. The van der Waals surface area contributed by atoms with Crippen LogP contribution in [0.15, 0.2) is 30.3 Å². The Morgan fingerprint density at radius 3 is 2.50 bits per heavy atom. The number of carbonyl (C=O) groups is 2. The lowest BCUT2D eigenvalue weighted by atomic mass is 10.1. The molecule has 1 heterocycles. The molecule has 1 amide bonds. The van der Waals surface area contributed by atoms with Gasteiger partial charge in [-0.3, -0.25) is 4.79 Å². The molecule has 0 unspecified atom stereocenters. The molecule has 0 aliphatic rings. The first-order valence-corrected chi connectivity index (χ1v) is 8.90. The summed E-state index contributed by atoms with van der Waals surface area (Å²) < 4.78 is 5.30. The fraction of sp³-hybridized carbons (Fsp3) is 0.368. The van der Waals surface area contributed by atoms with Crippen LogP contribution in [0, 0.1) is 13.8 Å². The van der Waals surface area contributed by atoms with E-state index in [1.165, 1.54) is 16.9 Å². The van der Waals surface area contributed by atoms with Crippen LogP contribution in [0.4, 0.5) is 5.69 Å². The summed E-state index contributed by atoms with van der Waals surface area (Å²) in [4.78, 5) is 26.1. The summed E-state index contributed by atoms with van der Waals surface area (Å²) in [6.45, 7) is 7.66. The number of benzene rings is 1. The van der Waals surface area contributed by atoms with Gasteiger partial charge in [-0.2, -0.15) is 0 Å². The number of anilines is 1. The second-order valence-electron chi connectivity index (χ2n) is 5.84. The monoisotopic (exact) mass is 345 g/mol. The van der Waals surface area contributed by atoms with Gasteiger partial charge in [0.1, 0.15) is 4.88 Å². The molecule has 2 rings (SSSR count). The van der Waals surface area contributed by atoms with Crippen molar-refractivity contribution in [1.82, 2.24) is 0 Å². The topological polar surface area (TPSA) is 55.4 Å². The number of aryl methyl sites for hydroxylation is 3. The number of hydrogen-bond acceptors (Lipinski definition) is 4. The predicted octanol–water partition coefficient (Wildman–Crippen LogP) is 4.50. The van der Waals surface area contributed by atoms with Crippen LogP contribution in [0.2, 0.25) is 0 Å². The highest BCUT2D eigenvalue weighted by molar-refractivity contribution is 7.14. The highest BCUT2D eigenvalue weighted by Crippen LogP contribution is 2.24. The second-order valence-corrected chi connectivity index (χ2v) is 7.10. The van der Waals surface area contributed by atoms with Crippen molar-refractivity contribution in [3.05, 3.63) is 51.2 Å². The molecule has 0 aliphatic carbocycles. The summed E-state index contributed by atoms with van der Waals surface area (Å²) in [5.74, 6) is -0.786. The normalized spacial score (nSPS) is 11.8. The van der Waals surface area contributed by atoms with Crippen LogP contribution >= 0.6 is 11.3 Å². The minimum Gasteiger partial charge on any atom is -0.448 e. The van der Waals surface area contributed by atoms with Crippen LogP contribution in [0.5, 0.6) is 0 Å². The van der Waals surface area contributed by atoms with E-state index in [9.17, 15) is 9.59 Å². The number of ether oxygens (including phenoxy) is 1. The summed E-state index contributed by atoms with van der Waals surface area (Å²) >= 11 is 1.42. The number of carbonyl (C=O) groups excluding carboxylic acids is 2. The molecule has 5 heteroatoms. The van der Waals surface area contributed by atoms with E-state index in [0.717, 1.165) is 23.3 Å². The third kappa shape index (κ3) is 4.68. The maximum absolute atomic E-state index is 12.2. The van der Waals surface area contributed by atoms with Gasteiger partial charge >= 0.3 is 5.97 Å². The average molecular weight is 345 g/mol. The molecule has 1 N–H and O–H groups in total. The smallest absolute Gasteiger partial charge is 0.349 e. The molecule has 24 heavy (non-hydrogen) atoms. The molecule has 1 aromatic heterocycles. The van der Waals surface area contributed by atoms with Gasteiger partial charge in [0.15, 0.2) is 6.10 Å². The molecule has 0 spiro atoms. The van der Waals surface area contributed by atoms with Gasteiger partial charge < -0.3 is 10.1 Å². The largest absolute Gasteiger partial charge is 0.448 e. The Morgan fingerprint density at radius 1 is 1.21 bits per heavy atom. The summed E-state index contributed by atoms with van der Waals surface area (Å²) in [5, 5.41) is 2.75. The highest BCUT2D eigenvalue weighted by Gasteiger charge is 2.21. The van der Waals surface area contributed by atoms with Crippen LogP contribution in [0.1, 0.15) is 45.9 Å². The van der Waals surface area contributed by atoms with Crippen LogP contribution in [0.25, 0.3) is 0 Å². The first-order valence-electron chi connectivity index (χ1n) is 8.08. The second kappa shape index (κ2) is 8.11. The van der Waals surface area contributed by atoms with E-state index in [1.807, 2.05) is 44.2 Å². The molecular weight excluding hydrogens is 322 g/mol. The molecule has 0 saturated heterocycles. The van der Waals surface area contributed by atoms with Gasteiger partial charge in [0.2, 0.25) is 0 Å². The molecule has 0 radical (unpaired) electrons. The number of nitrogens with one attached hydrogen (secondary N) is 1. The number of rotatable bonds is 6. The van der Waals surface area contributed by atoms with E-state index in [4.69, 9.17) is 4.74 Å². The molecule has 1 aromatic carbocycles. The molecule has 2 aromatic rings. The Balaban J connectivity index is 1.96. The maximum Gasteiger partial charge on any atom is 0.349 e. The Bertz CT molecular complexity index is 719. The Hall–Kier alpha value is -2.14. The molecule has 128 valence electrons. The molecule has 0 bridgehead atoms. The zero-order valence-corrected chi connectivity index (χ0v) is 15.3. The summed E-state index contributed by atoms with van der Waals surface area (Å²) in [6.07, 6.45) is 1.12. The van der Waals surface area contributed by atoms with Gasteiger partial charge in [-0.25, -0.2) is 4.79 Å². The Kier molecular flexibility index (Phi) is 6.15. The van der Waals surface area contributed by atoms with E-state index in [-0.39, 0.29) is 5.91 Å². The van der Waals surface area contributed by atoms with Crippen molar-refractivity contribution >= 4 is 28.9 Å². The Morgan fingerprint density at radius 2 is 1.88 bits per heavy atom. The lowest BCUT2D eigenvalue weighted by Gasteiger charge is -2.13. The first kappa shape index (κ1) is 18.2. The quantitative estimate of drug-likeness (QED) is 0.784. The van der Waals surface area contributed by atoms with Crippen LogP contribution < -0.4 is 5.32 Å². The highest BCUT2D eigenvalue weighted by atomic mass is 32.1. The minimum absolute atomic E-state index is 0.339. The van der Waals surface area contributed by atoms with E-state index in [1.54, 1.807) is 6.92 Å². The zero-order valence-electron chi connectivity index (χ0n) is 14.5. The maximum atomic E-state index is 12.2. The van der Waals surface area contributed by atoms with Crippen molar-refractivity contribution in [2.75, 3.05) is 5.32 Å². The third-order valence-corrected chi connectivity index (χ3v) is 4.79. The molecule has 4 nitrogen and oxygen atoms in total. The van der Waals surface area contributed by atoms with E-state index < -0.39 is 12.1 Å². The van der Waals surface area contributed by atoms with Crippen molar-refractivity contribution in [2.45, 2.75) is 46.6 Å². The Labute approximate surface area is 146 Å². The van der Waals surface area contributed by atoms with Gasteiger partial charge in [0.05, 0.1) is 0 Å². The number of esters is 1. The average Bonchev–Trinajstić information content (AvgIpc) is 2.91. The standard InChI is InChI=1S/C19H23NO3S/c1-5-6-15-11-17(24-14(15)4)19(22)23-13(3)18(21)20-16-9-7-12(2)8-10-16/h7-11,13H,5-6H2,1-4H3,(H,20,21)/t13-/m0/s1. The van der Waals surface area contributed by atoms with Crippen molar-refractivity contribution in [3.8, 4) is 0 Å². The minimum atomic E-state index is -0.851. The van der Waals surface area contributed by atoms with Crippen LogP contribution in [-0.4, -0.2) is 18.0 Å². The molecule has 0 saturated carbocycles. The molecule has 1 atom stereocenters. The number of hydrogen-bond donors (Lipinski definition) is 1. The van der Waals surface area contributed by atoms with Gasteiger partial charge in [0.25, 0.3) is 5.91 Å². The van der Waals surface area contributed by atoms with Crippen molar-refractivity contribution in [3.63, 3.8) is 0 Å². The number of thiophene rings is 1. The summed E-state index contributed by atoms with van der Waals surface area (Å²) in [5.41, 5.74) is 2.97. The molecule has 0 fully saturated rings. The SMILES string of the molecule is CCCc1cc(C(=O)O[C@@H](C)C(=O)Nc2ccc(C)cc2)sc1C. The van der Waals surface area contributed by atoms with Gasteiger partial charge in [-0.05, 0) is 51.0 Å². The van der Waals surface area contributed by atoms with Crippen LogP contribution in [-0.2, 0) is 16.0 Å². The van der Waals surface area contributed by atoms with Gasteiger partial charge in [0, 0.05) is 10.6 Å². The fourth-order valence-electron chi connectivity index (χ4n) is 2.29. The molecule has 0 aliphatic heterocycles. The summed E-state index contributed by atoms with van der Waals surface area (Å²) in [6, 6.07) is 9.34. The van der Waals surface area contributed by atoms with Gasteiger partial charge in [-0.15, -0.1) is 11.3 Å². The van der Waals surface area contributed by atoms with Gasteiger partial charge in [-0.1, -0.05) is 31.0 Å². The lowest BCUT2D eigenvalue weighted by Crippen LogP contribution is -2.29. The van der Waals surface area contributed by atoms with E-state index >= 15 is 0 Å². The van der Waals surface area contributed by atoms with Crippen molar-refractivity contribution in [2.24, 2.45) is 0 Å². The fourth-order valence-corrected chi connectivity index (χ4v) is 3.25. The number of amides is 1. The third-order valence-electron chi connectivity index (χ3n) is 3.71. The van der Waals surface area contributed by atoms with Crippen LogP contribution in [0.3, 0.4) is 0 Å². The molecular formula is C19H23NO3S. The predicted molar refractivity (Wildman–Crippen MR) is 97.7 cm³/mol. The van der Waals surface area contributed by atoms with Crippen molar-refractivity contribution in [1.29, 1.82) is 0 Å². The zero-order chi connectivity index (χ0) is 17.7. The summed E-state index contributed by atoms with van der Waals surface area (Å²) in [7, 11) is 0. The van der Waals surface area contributed by atoms with E-state index in [0.29, 0.717) is 10.6 Å². The first-order chi connectivity index (χ1) is 11.4.